The first-order valence-corrected chi connectivity index (χ1v) is 9.30. The largest absolute Gasteiger partial charge is 0.350 e. The van der Waals surface area contributed by atoms with Gasteiger partial charge in [-0.1, -0.05) is 35.9 Å². The number of benzene rings is 1. The molecule has 0 bridgehead atoms. The highest BCUT2D eigenvalue weighted by molar-refractivity contribution is 6.30. The number of halogens is 1. The van der Waals surface area contributed by atoms with Gasteiger partial charge in [-0.2, -0.15) is 0 Å². The molecule has 0 spiro atoms. The van der Waals surface area contributed by atoms with Gasteiger partial charge in [-0.3, -0.25) is 9.30 Å². The number of hydrogen-bond acceptors (Lipinski definition) is 3. The molecule has 26 heavy (non-hydrogen) atoms. The van der Waals surface area contributed by atoms with Gasteiger partial charge >= 0.3 is 5.69 Å². The van der Waals surface area contributed by atoms with Gasteiger partial charge in [0.1, 0.15) is 0 Å². The van der Waals surface area contributed by atoms with Gasteiger partial charge in [0.05, 0.1) is 0 Å². The minimum absolute atomic E-state index is 0.0656. The maximum atomic E-state index is 12.3. The summed E-state index contributed by atoms with van der Waals surface area (Å²) >= 11 is 5.96. The zero-order chi connectivity index (χ0) is 17.9. The van der Waals surface area contributed by atoms with E-state index in [0.717, 1.165) is 37.5 Å². The van der Waals surface area contributed by atoms with E-state index in [1.54, 1.807) is 15.3 Å². The molecule has 0 saturated heterocycles. The Bertz CT molecular complexity index is 987. The van der Waals surface area contributed by atoms with Crippen LogP contribution in [0.5, 0.6) is 0 Å². The van der Waals surface area contributed by atoms with Crippen LogP contribution in [0.25, 0.3) is 11.2 Å². The molecular weight excluding hydrogens is 348 g/mol. The Labute approximate surface area is 157 Å². The number of nitrogens with zero attached hydrogens (tertiary/aromatic N) is 4. The lowest BCUT2D eigenvalue weighted by atomic mass is 9.99. The van der Waals surface area contributed by atoms with Gasteiger partial charge in [-0.15, -0.1) is 5.10 Å². The van der Waals surface area contributed by atoms with E-state index in [-0.39, 0.29) is 5.69 Å². The highest BCUT2D eigenvalue weighted by Gasteiger charge is 2.13. The van der Waals surface area contributed by atoms with Gasteiger partial charge in [0.2, 0.25) is 0 Å². The molecule has 1 aliphatic rings. The van der Waals surface area contributed by atoms with Crippen molar-refractivity contribution >= 4 is 22.8 Å². The fourth-order valence-corrected chi connectivity index (χ4v) is 3.52. The molecule has 4 rings (SSSR count). The third kappa shape index (κ3) is 3.59. The Hall–Kier alpha value is -2.37. The lowest BCUT2D eigenvalue weighted by molar-refractivity contribution is 0.288. The average Bonchev–Trinajstić information content (AvgIpc) is 2.99. The summed E-state index contributed by atoms with van der Waals surface area (Å²) in [7, 11) is 0. The topological polar surface area (TPSA) is 42.5 Å². The molecular formula is C20H21ClN4O. The molecule has 0 atom stereocenters. The van der Waals surface area contributed by atoms with Gasteiger partial charge in [-0.05, 0) is 48.2 Å². The van der Waals surface area contributed by atoms with Crippen LogP contribution in [0, 0.1) is 0 Å². The second-order valence-electron chi connectivity index (χ2n) is 6.57. The van der Waals surface area contributed by atoms with Crippen LogP contribution in [0.2, 0.25) is 5.02 Å². The molecule has 2 aromatic heterocycles. The van der Waals surface area contributed by atoms with Crippen LogP contribution >= 0.6 is 11.6 Å². The molecule has 3 aromatic rings. The highest BCUT2D eigenvalue weighted by Crippen LogP contribution is 2.23. The van der Waals surface area contributed by atoms with Crippen molar-refractivity contribution in [3.63, 3.8) is 0 Å². The van der Waals surface area contributed by atoms with Crippen LogP contribution < -0.4 is 5.69 Å². The van der Waals surface area contributed by atoms with E-state index >= 15 is 0 Å². The first-order chi connectivity index (χ1) is 12.7. The van der Waals surface area contributed by atoms with Gasteiger partial charge in [0.15, 0.2) is 5.65 Å². The van der Waals surface area contributed by atoms with E-state index in [1.807, 2.05) is 30.3 Å². The molecule has 0 radical (unpaired) electrons. The standard InChI is InChI=1S/C20H21ClN4O/c21-18-7-5-16(6-8-18)17-9-14-23(15-10-17)11-3-13-25-20(26)24-12-2-1-4-19(24)22-25/h1-2,4-9,12H,3,10-11,13-15H2. The Kier molecular flexibility index (Phi) is 4.91. The molecule has 1 aromatic carbocycles. The van der Waals surface area contributed by atoms with Gasteiger partial charge < -0.3 is 0 Å². The van der Waals surface area contributed by atoms with Crippen LogP contribution in [-0.2, 0) is 6.54 Å². The zero-order valence-electron chi connectivity index (χ0n) is 14.5. The first kappa shape index (κ1) is 17.1. The maximum absolute atomic E-state index is 12.3. The summed E-state index contributed by atoms with van der Waals surface area (Å²) in [4.78, 5) is 14.7. The fourth-order valence-electron chi connectivity index (χ4n) is 3.40. The molecule has 134 valence electrons. The van der Waals surface area contributed by atoms with Crippen LogP contribution in [0.1, 0.15) is 18.4 Å². The molecule has 3 heterocycles. The number of aromatic nitrogens is 3. The first-order valence-electron chi connectivity index (χ1n) is 8.92. The molecule has 0 unspecified atom stereocenters. The summed E-state index contributed by atoms with van der Waals surface area (Å²) in [6.07, 6.45) is 6.00. The molecule has 5 nitrogen and oxygen atoms in total. The van der Waals surface area contributed by atoms with Gasteiger partial charge in [0.25, 0.3) is 0 Å². The van der Waals surface area contributed by atoms with Crippen molar-refractivity contribution in [2.24, 2.45) is 0 Å². The number of rotatable bonds is 5. The Morgan fingerprint density at radius 3 is 2.65 bits per heavy atom. The van der Waals surface area contributed by atoms with E-state index in [0.29, 0.717) is 12.2 Å². The van der Waals surface area contributed by atoms with E-state index in [9.17, 15) is 4.79 Å². The van der Waals surface area contributed by atoms with Crippen LogP contribution in [0.3, 0.4) is 0 Å². The van der Waals surface area contributed by atoms with E-state index in [4.69, 9.17) is 11.6 Å². The molecule has 0 aliphatic carbocycles. The summed E-state index contributed by atoms with van der Waals surface area (Å²) in [5, 5.41) is 5.15. The molecule has 1 aliphatic heterocycles. The average molecular weight is 369 g/mol. The summed E-state index contributed by atoms with van der Waals surface area (Å²) in [6.45, 7) is 3.59. The monoisotopic (exact) mass is 368 g/mol. The SMILES string of the molecule is O=c1n(CCCN2CC=C(c3ccc(Cl)cc3)CC2)nc2ccccn12. The summed E-state index contributed by atoms with van der Waals surface area (Å²) in [5.74, 6) is 0. The van der Waals surface area contributed by atoms with E-state index < -0.39 is 0 Å². The quantitative estimate of drug-likeness (QED) is 0.693. The lowest BCUT2D eigenvalue weighted by Gasteiger charge is -2.26. The fraction of sp³-hybridized carbons (Fsp3) is 0.300. The zero-order valence-corrected chi connectivity index (χ0v) is 15.3. The van der Waals surface area contributed by atoms with Crippen molar-refractivity contribution in [1.29, 1.82) is 0 Å². The van der Waals surface area contributed by atoms with Gasteiger partial charge in [0, 0.05) is 37.4 Å². The minimum Gasteiger partial charge on any atom is -0.299 e. The summed E-state index contributed by atoms with van der Waals surface area (Å²) in [5.41, 5.74) is 3.27. The van der Waals surface area contributed by atoms with Crippen LogP contribution in [-0.4, -0.2) is 38.7 Å². The third-order valence-corrected chi connectivity index (χ3v) is 5.09. The maximum Gasteiger partial charge on any atom is 0.350 e. The Morgan fingerprint density at radius 2 is 1.92 bits per heavy atom. The predicted molar refractivity (Wildman–Crippen MR) is 105 cm³/mol. The molecule has 0 amide bonds. The highest BCUT2D eigenvalue weighted by atomic mass is 35.5. The second-order valence-corrected chi connectivity index (χ2v) is 7.01. The van der Waals surface area contributed by atoms with Crippen molar-refractivity contribution in [3.05, 3.63) is 75.8 Å². The van der Waals surface area contributed by atoms with Crippen molar-refractivity contribution in [2.45, 2.75) is 19.4 Å². The van der Waals surface area contributed by atoms with E-state index in [1.165, 1.54) is 11.1 Å². The Balaban J connectivity index is 1.32. The third-order valence-electron chi connectivity index (χ3n) is 4.84. The normalized spacial score (nSPS) is 15.3. The summed E-state index contributed by atoms with van der Waals surface area (Å²) < 4.78 is 3.15. The van der Waals surface area contributed by atoms with Crippen LogP contribution in [0.15, 0.2) is 59.5 Å². The molecule has 6 heteroatoms. The van der Waals surface area contributed by atoms with Crippen molar-refractivity contribution in [3.8, 4) is 0 Å². The van der Waals surface area contributed by atoms with Crippen LogP contribution in [0.4, 0.5) is 0 Å². The molecule has 0 saturated carbocycles. The van der Waals surface area contributed by atoms with E-state index in [2.05, 4.69) is 28.2 Å². The van der Waals surface area contributed by atoms with Crippen molar-refractivity contribution in [2.75, 3.05) is 19.6 Å². The van der Waals surface area contributed by atoms with Crippen molar-refractivity contribution < 1.29 is 0 Å². The Morgan fingerprint density at radius 1 is 1.08 bits per heavy atom. The van der Waals surface area contributed by atoms with Gasteiger partial charge in [-0.25, -0.2) is 9.48 Å². The smallest absolute Gasteiger partial charge is 0.299 e. The summed E-state index contributed by atoms with van der Waals surface area (Å²) in [6, 6.07) is 13.6. The minimum atomic E-state index is -0.0656. The number of aryl methyl sites for hydroxylation is 1. The predicted octanol–water partition coefficient (Wildman–Crippen LogP) is 3.33. The van der Waals surface area contributed by atoms with Crippen molar-refractivity contribution in [1.82, 2.24) is 19.1 Å². The second kappa shape index (κ2) is 7.48. The number of hydrogen-bond donors (Lipinski definition) is 0. The number of pyridine rings is 1. The number of fused-ring (bicyclic) bond motifs is 1. The molecule has 0 fully saturated rings. The molecule has 0 N–H and O–H groups in total. The lowest BCUT2D eigenvalue weighted by Crippen LogP contribution is -2.31.